The predicted octanol–water partition coefficient (Wildman–Crippen LogP) is 3.70. The van der Waals surface area contributed by atoms with E-state index < -0.39 is 12.2 Å². The molecular weight excluding hydrogens is 337 g/mol. The van der Waals surface area contributed by atoms with Crippen molar-refractivity contribution in [2.24, 2.45) is 0 Å². The number of methoxy groups -OCH3 is 1. The van der Waals surface area contributed by atoms with E-state index in [0.717, 1.165) is 5.56 Å². The molecule has 0 amide bonds. The van der Waals surface area contributed by atoms with Crippen LogP contribution in [-0.2, 0) is 0 Å². The maximum Gasteiger partial charge on any atom is 0.162 e. The van der Waals surface area contributed by atoms with Crippen LogP contribution in [-0.4, -0.2) is 31.9 Å². The Balaban J connectivity index is 2.35. The topological polar surface area (TPSA) is 50.7 Å². The largest absolute Gasteiger partial charge is 0.493 e. The van der Waals surface area contributed by atoms with Crippen LogP contribution < -0.4 is 14.8 Å². The SMILES string of the molecule is CNCC(O)C(Oc1ccccc1OC)c1ccc(Cl)c(Cl)c1. The van der Waals surface area contributed by atoms with Gasteiger partial charge in [0.25, 0.3) is 0 Å². The van der Waals surface area contributed by atoms with Gasteiger partial charge in [-0.15, -0.1) is 0 Å². The Bertz CT molecular complexity index is 651. The summed E-state index contributed by atoms with van der Waals surface area (Å²) >= 11 is 12.1. The lowest BCUT2D eigenvalue weighted by Crippen LogP contribution is -2.32. The zero-order chi connectivity index (χ0) is 16.8. The van der Waals surface area contributed by atoms with E-state index in [4.69, 9.17) is 32.7 Å². The molecule has 2 atom stereocenters. The summed E-state index contributed by atoms with van der Waals surface area (Å²) in [4.78, 5) is 0. The molecule has 0 fully saturated rings. The van der Waals surface area contributed by atoms with Crippen molar-refractivity contribution in [3.05, 3.63) is 58.1 Å². The van der Waals surface area contributed by atoms with Gasteiger partial charge in [-0.1, -0.05) is 41.4 Å². The van der Waals surface area contributed by atoms with Crippen LogP contribution in [0.1, 0.15) is 11.7 Å². The summed E-state index contributed by atoms with van der Waals surface area (Å²) in [6, 6.07) is 12.4. The third-order valence-corrected chi connectivity index (χ3v) is 4.10. The molecule has 2 N–H and O–H groups in total. The molecule has 0 aliphatic rings. The van der Waals surface area contributed by atoms with Crippen molar-refractivity contribution in [3.8, 4) is 11.5 Å². The van der Waals surface area contributed by atoms with Crippen LogP contribution in [0, 0.1) is 0 Å². The molecule has 23 heavy (non-hydrogen) atoms. The normalized spacial score (nSPS) is 13.4. The van der Waals surface area contributed by atoms with Crippen LogP contribution in [0.25, 0.3) is 0 Å². The van der Waals surface area contributed by atoms with Crippen LogP contribution in [0.2, 0.25) is 10.0 Å². The zero-order valence-electron chi connectivity index (χ0n) is 12.9. The van der Waals surface area contributed by atoms with Gasteiger partial charge in [-0.3, -0.25) is 0 Å². The Morgan fingerprint density at radius 2 is 1.78 bits per heavy atom. The molecule has 6 heteroatoms. The maximum atomic E-state index is 10.4. The van der Waals surface area contributed by atoms with Gasteiger partial charge in [0, 0.05) is 6.54 Å². The van der Waals surface area contributed by atoms with Gasteiger partial charge >= 0.3 is 0 Å². The maximum absolute atomic E-state index is 10.4. The molecule has 4 nitrogen and oxygen atoms in total. The van der Waals surface area contributed by atoms with E-state index in [9.17, 15) is 5.11 Å². The molecule has 0 aliphatic carbocycles. The molecule has 2 aromatic rings. The smallest absolute Gasteiger partial charge is 0.162 e. The van der Waals surface area contributed by atoms with E-state index in [1.54, 1.807) is 44.5 Å². The van der Waals surface area contributed by atoms with E-state index in [1.807, 2.05) is 12.1 Å². The van der Waals surface area contributed by atoms with Crippen LogP contribution in [0.3, 0.4) is 0 Å². The monoisotopic (exact) mass is 355 g/mol. The number of ether oxygens (including phenoxy) is 2. The Morgan fingerprint density at radius 1 is 1.09 bits per heavy atom. The minimum atomic E-state index is -0.776. The van der Waals surface area contributed by atoms with Crippen LogP contribution in [0.4, 0.5) is 0 Å². The average Bonchev–Trinajstić information content (AvgIpc) is 2.55. The second-order valence-corrected chi connectivity index (χ2v) is 5.80. The van der Waals surface area contributed by atoms with Crippen LogP contribution in [0.5, 0.6) is 11.5 Å². The van der Waals surface area contributed by atoms with Gasteiger partial charge in [0.1, 0.15) is 6.10 Å². The van der Waals surface area contributed by atoms with Crippen molar-refractivity contribution in [2.75, 3.05) is 20.7 Å². The summed E-state index contributed by atoms with van der Waals surface area (Å²) in [7, 11) is 3.33. The van der Waals surface area contributed by atoms with Gasteiger partial charge < -0.3 is 19.9 Å². The summed E-state index contributed by atoms with van der Waals surface area (Å²) in [5.41, 5.74) is 0.730. The van der Waals surface area contributed by atoms with Gasteiger partial charge in [0.2, 0.25) is 0 Å². The second-order valence-electron chi connectivity index (χ2n) is 4.99. The van der Waals surface area contributed by atoms with E-state index in [0.29, 0.717) is 28.1 Å². The summed E-state index contributed by atoms with van der Waals surface area (Å²) in [6.07, 6.45) is -1.39. The molecule has 0 bridgehead atoms. The first-order valence-electron chi connectivity index (χ1n) is 7.14. The third-order valence-electron chi connectivity index (χ3n) is 3.36. The summed E-state index contributed by atoms with van der Waals surface area (Å²) in [5, 5.41) is 14.2. The number of likely N-dealkylation sites (N-methyl/N-ethyl adjacent to an activating group) is 1. The Labute approximate surface area is 145 Å². The number of para-hydroxylation sites is 2. The Kier molecular flexibility index (Phi) is 6.54. The van der Waals surface area contributed by atoms with Crippen molar-refractivity contribution >= 4 is 23.2 Å². The molecule has 0 spiro atoms. The van der Waals surface area contributed by atoms with Gasteiger partial charge in [0.05, 0.1) is 17.2 Å². The fraction of sp³-hybridized carbons (Fsp3) is 0.294. The van der Waals surface area contributed by atoms with Crippen LogP contribution >= 0.6 is 23.2 Å². The van der Waals surface area contributed by atoms with Gasteiger partial charge in [0.15, 0.2) is 17.6 Å². The number of nitrogens with one attached hydrogen (secondary N) is 1. The molecule has 2 aromatic carbocycles. The zero-order valence-corrected chi connectivity index (χ0v) is 14.4. The standard InChI is InChI=1S/C17H19Cl2NO3/c1-20-10-14(21)17(11-7-8-12(18)13(19)9-11)23-16-6-4-3-5-15(16)22-2/h3-9,14,17,20-21H,10H2,1-2H3. The lowest BCUT2D eigenvalue weighted by atomic mass is 10.0. The van der Waals surface area contributed by atoms with Crippen molar-refractivity contribution in [3.63, 3.8) is 0 Å². The number of halogens is 2. The molecule has 0 aliphatic heterocycles. The number of rotatable bonds is 7. The summed E-state index contributed by atoms with van der Waals surface area (Å²) in [6.45, 7) is 0.361. The van der Waals surface area contributed by atoms with E-state index in [-0.39, 0.29) is 0 Å². The fourth-order valence-electron chi connectivity index (χ4n) is 2.23. The first-order chi connectivity index (χ1) is 11.1. The highest BCUT2D eigenvalue weighted by Gasteiger charge is 2.24. The van der Waals surface area contributed by atoms with E-state index in [2.05, 4.69) is 5.32 Å². The van der Waals surface area contributed by atoms with Crippen molar-refractivity contribution in [1.29, 1.82) is 0 Å². The van der Waals surface area contributed by atoms with Gasteiger partial charge in [-0.05, 0) is 36.9 Å². The lowest BCUT2D eigenvalue weighted by Gasteiger charge is -2.25. The van der Waals surface area contributed by atoms with E-state index >= 15 is 0 Å². The molecule has 0 radical (unpaired) electrons. The lowest BCUT2D eigenvalue weighted by molar-refractivity contribution is 0.0354. The minimum Gasteiger partial charge on any atom is -0.493 e. The molecule has 0 heterocycles. The third kappa shape index (κ3) is 4.52. The molecule has 2 rings (SSSR count). The summed E-state index contributed by atoms with van der Waals surface area (Å²) in [5.74, 6) is 1.13. The van der Waals surface area contributed by atoms with Gasteiger partial charge in [-0.2, -0.15) is 0 Å². The molecule has 2 unspecified atom stereocenters. The molecule has 124 valence electrons. The van der Waals surface area contributed by atoms with Crippen LogP contribution in [0.15, 0.2) is 42.5 Å². The average molecular weight is 356 g/mol. The number of hydrogen-bond donors (Lipinski definition) is 2. The highest BCUT2D eigenvalue weighted by atomic mass is 35.5. The number of aliphatic hydroxyl groups excluding tert-OH is 1. The Morgan fingerprint density at radius 3 is 2.39 bits per heavy atom. The quantitative estimate of drug-likeness (QED) is 0.794. The highest BCUT2D eigenvalue weighted by molar-refractivity contribution is 6.42. The summed E-state index contributed by atoms with van der Waals surface area (Å²) < 4.78 is 11.3. The fourth-order valence-corrected chi connectivity index (χ4v) is 2.53. The van der Waals surface area contributed by atoms with Crippen molar-refractivity contribution in [2.45, 2.75) is 12.2 Å². The first-order valence-corrected chi connectivity index (χ1v) is 7.89. The van der Waals surface area contributed by atoms with Crippen molar-refractivity contribution in [1.82, 2.24) is 5.32 Å². The van der Waals surface area contributed by atoms with Crippen molar-refractivity contribution < 1.29 is 14.6 Å². The molecule has 0 saturated heterocycles. The van der Waals surface area contributed by atoms with E-state index in [1.165, 1.54) is 0 Å². The molecule has 0 saturated carbocycles. The highest BCUT2D eigenvalue weighted by Crippen LogP contribution is 2.34. The minimum absolute atomic E-state index is 0.361. The molecular formula is C17H19Cl2NO3. The van der Waals surface area contributed by atoms with Gasteiger partial charge in [-0.25, -0.2) is 0 Å². The Hall–Kier alpha value is -1.46. The molecule has 0 aromatic heterocycles. The predicted molar refractivity (Wildman–Crippen MR) is 92.8 cm³/mol. The first kappa shape index (κ1) is 17.9. The number of aliphatic hydroxyl groups is 1. The number of benzene rings is 2. The second kappa shape index (κ2) is 8.41. The number of hydrogen-bond acceptors (Lipinski definition) is 4.